The molecular weight excluding hydrogens is 452 g/mol. The molecule has 1 saturated heterocycles. The third kappa shape index (κ3) is 6.31. The van der Waals surface area contributed by atoms with Crippen molar-refractivity contribution in [2.45, 2.75) is 25.1 Å². The molecule has 0 spiro atoms. The summed E-state index contributed by atoms with van der Waals surface area (Å²) in [4.78, 5) is 18.4. The normalized spacial score (nSPS) is 18.4. The van der Waals surface area contributed by atoms with Gasteiger partial charge in [0.2, 0.25) is 0 Å². The molecule has 0 unspecified atom stereocenters. The fourth-order valence-electron chi connectivity index (χ4n) is 3.20. The zero-order valence-corrected chi connectivity index (χ0v) is 16.6. The van der Waals surface area contributed by atoms with Crippen LogP contribution in [0.15, 0.2) is 30.5 Å². The SMILES string of the molecule is O=C(O)c1cnc(N2CCN(Cc3ccc(C(F)(F)F)cc3)C[C@H]2COC(F)(F)F)s1. The molecule has 1 aliphatic rings. The number of rotatable bonds is 6. The molecule has 1 aliphatic heterocycles. The van der Waals surface area contributed by atoms with Gasteiger partial charge in [-0.15, -0.1) is 13.2 Å². The number of ether oxygens (including phenoxy) is 1. The molecule has 0 aliphatic carbocycles. The van der Waals surface area contributed by atoms with Crippen LogP contribution < -0.4 is 4.90 Å². The Labute approximate surface area is 176 Å². The summed E-state index contributed by atoms with van der Waals surface area (Å²) >= 11 is 0.847. The number of halogens is 6. The van der Waals surface area contributed by atoms with Crippen molar-refractivity contribution < 1.29 is 41.0 Å². The highest BCUT2D eigenvalue weighted by atomic mass is 32.1. The van der Waals surface area contributed by atoms with Crippen LogP contribution in [0, 0.1) is 0 Å². The molecule has 0 amide bonds. The number of anilines is 1. The molecule has 1 aromatic carbocycles. The molecule has 170 valence electrons. The van der Waals surface area contributed by atoms with Gasteiger partial charge in [-0.2, -0.15) is 13.2 Å². The maximum Gasteiger partial charge on any atom is 0.522 e. The Balaban J connectivity index is 1.71. The monoisotopic (exact) mass is 469 g/mol. The predicted octanol–water partition coefficient (Wildman–Crippen LogP) is 4.09. The number of aromatic carboxylic acids is 1. The molecule has 0 radical (unpaired) electrons. The topological polar surface area (TPSA) is 65.9 Å². The van der Waals surface area contributed by atoms with Gasteiger partial charge in [-0.25, -0.2) is 9.78 Å². The Hall–Kier alpha value is -2.38. The first-order valence-electron chi connectivity index (χ1n) is 8.97. The van der Waals surface area contributed by atoms with Crippen LogP contribution in [0.25, 0.3) is 0 Å². The lowest BCUT2D eigenvalue weighted by Crippen LogP contribution is -2.55. The predicted molar refractivity (Wildman–Crippen MR) is 98.9 cm³/mol. The highest BCUT2D eigenvalue weighted by Crippen LogP contribution is 2.30. The molecule has 2 heterocycles. The second-order valence-electron chi connectivity index (χ2n) is 6.85. The third-order valence-corrected chi connectivity index (χ3v) is 5.67. The largest absolute Gasteiger partial charge is 0.522 e. The first-order chi connectivity index (χ1) is 14.4. The first kappa shape index (κ1) is 23.3. The van der Waals surface area contributed by atoms with Gasteiger partial charge in [0.25, 0.3) is 0 Å². The minimum Gasteiger partial charge on any atom is -0.477 e. The summed E-state index contributed by atoms with van der Waals surface area (Å²) in [6.45, 7) is 0.311. The summed E-state index contributed by atoms with van der Waals surface area (Å²) < 4.78 is 79.9. The van der Waals surface area contributed by atoms with Gasteiger partial charge in [-0.3, -0.25) is 9.64 Å². The molecule has 1 fully saturated rings. The van der Waals surface area contributed by atoms with E-state index >= 15 is 0 Å². The minimum absolute atomic E-state index is 0.0438. The summed E-state index contributed by atoms with van der Waals surface area (Å²) in [6.07, 6.45) is -8.15. The Morgan fingerprint density at radius 2 is 1.84 bits per heavy atom. The molecule has 1 N–H and O–H groups in total. The van der Waals surface area contributed by atoms with E-state index in [9.17, 15) is 31.1 Å². The number of alkyl halides is 6. The molecule has 2 aromatic rings. The van der Waals surface area contributed by atoms with Crippen LogP contribution in [0.1, 0.15) is 20.8 Å². The second-order valence-corrected chi connectivity index (χ2v) is 7.86. The van der Waals surface area contributed by atoms with Crippen LogP contribution in [0.4, 0.5) is 31.5 Å². The van der Waals surface area contributed by atoms with E-state index in [1.165, 1.54) is 12.1 Å². The van der Waals surface area contributed by atoms with Crippen LogP contribution in [-0.4, -0.2) is 59.6 Å². The molecular formula is C18H17F6N3O3S. The lowest BCUT2D eigenvalue weighted by molar-refractivity contribution is -0.326. The van der Waals surface area contributed by atoms with Crippen molar-refractivity contribution in [1.82, 2.24) is 9.88 Å². The van der Waals surface area contributed by atoms with Crippen molar-refractivity contribution in [1.29, 1.82) is 0 Å². The van der Waals surface area contributed by atoms with Crippen molar-refractivity contribution in [2.75, 3.05) is 31.1 Å². The lowest BCUT2D eigenvalue weighted by atomic mass is 10.1. The molecule has 0 bridgehead atoms. The van der Waals surface area contributed by atoms with Gasteiger partial charge in [0.1, 0.15) is 4.88 Å². The van der Waals surface area contributed by atoms with Gasteiger partial charge in [0.05, 0.1) is 24.4 Å². The smallest absolute Gasteiger partial charge is 0.477 e. The maximum atomic E-state index is 12.7. The van der Waals surface area contributed by atoms with Gasteiger partial charge in [0.15, 0.2) is 5.13 Å². The Morgan fingerprint density at radius 1 is 1.16 bits per heavy atom. The summed E-state index contributed by atoms with van der Waals surface area (Å²) in [5.74, 6) is -1.19. The van der Waals surface area contributed by atoms with Gasteiger partial charge in [0, 0.05) is 26.2 Å². The maximum absolute atomic E-state index is 12.7. The number of carboxylic acid groups (broad SMARTS) is 1. The number of nitrogens with zero attached hydrogens (tertiary/aromatic N) is 3. The van der Waals surface area contributed by atoms with Gasteiger partial charge in [-0.05, 0) is 17.7 Å². The number of hydrogen-bond donors (Lipinski definition) is 1. The van der Waals surface area contributed by atoms with E-state index in [2.05, 4.69) is 9.72 Å². The molecule has 13 heteroatoms. The van der Waals surface area contributed by atoms with Crippen LogP contribution >= 0.6 is 11.3 Å². The van der Waals surface area contributed by atoms with Crippen LogP contribution in [0.3, 0.4) is 0 Å². The summed E-state index contributed by atoms with van der Waals surface area (Å²) in [7, 11) is 0. The molecule has 0 saturated carbocycles. The van der Waals surface area contributed by atoms with Crippen molar-refractivity contribution in [3.8, 4) is 0 Å². The molecule has 1 aromatic heterocycles. The fourth-order valence-corrected chi connectivity index (χ4v) is 4.05. The highest BCUT2D eigenvalue weighted by molar-refractivity contribution is 7.17. The second kappa shape index (κ2) is 9.01. The van der Waals surface area contributed by atoms with Crippen molar-refractivity contribution in [3.63, 3.8) is 0 Å². The first-order valence-corrected chi connectivity index (χ1v) is 9.79. The standard InChI is InChI=1S/C18H17F6N3O3S/c19-17(20,21)12-3-1-11(2-4-12)8-26-5-6-27(13(9-26)10-30-18(22,23)24)16-25-7-14(31-16)15(28)29/h1-4,7,13H,5-6,8-10H2,(H,28,29)/t13-/m0/s1. The fraction of sp³-hybridized carbons (Fsp3) is 0.444. The Kier molecular flexibility index (Phi) is 6.76. The molecule has 3 rings (SSSR count). The highest BCUT2D eigenvalue weighted by Gasteiger charge is 2.35. The van der Waals surface area contributed by atoms with E-state index in [1.54, 1.807) is 9.80 Å². The van der Waals surface area contributed by atoms with Crippen molar-refractivity contribution in [2.24, 2.45) is 0 Å². The molecule has 1 atom stereocenters. The van der Waals surface area contributed by atoms with E-state index < -0.39 is 36.7 Å². The molecule has 6 nitrogen and oxygen atoms in total. The zero-order valence-electron chi connectivity index (χ0n) is 15.8. The average Bonchev–Trinajstić information content (AvgIpc) is 3.16. The minimum atomic E-state index is -4.84. The molecule has 31 heavy (non-hydrogen) atoms. The van der Waals surface area contributed by atoms with Crippen LogP contribution in [-0.2, 0) is 17.5 Å². The Bertz CT molecular complexity index is 900. The van der Waals surface area contributed by atoms with E-state index in [0.717, 1.165) is 29.7 Å². The van der Waals surface area contributed by atoms with Gasteiger partial charge < -0.3 is 10.0 Å². The van der Waals surface area contributed by atoms with E-state index in [0.29, 0.717) is 12.1 Å². The van der Waals surface area contributed by atoms with Gasteiger partial charge >= 0.3 is 18.5 Å². The summed E-state index contributed by atoms with van der Waals surface area (Å²) in [5, 5.41) is 9.31. The quantitative estimate of drug-likeness (QED) is 0.644. The number of benzene rings is 1. The number of aromatic nitrogens is 1. The third-order valence-electron chi connectivity index (χ3n) is 4.64. The van der Waals surface area contributed by atoms with Crippen molar-refractivity contribution in [3.05, 3.63) is 46.5 Å². The number of carboxylic acids is 1. The van der Waals surface area contributed by atoms with E-state index in [-0.39, 0.29) is 29.6 Å². The lowest BCUT2D eigenvalue weighted by Gasteiger charge is -2.41. The van der Waals surface area contributed by atoms with E-state index in [1.807, 2.05) is 0 Å². The van der Waals surface area contributed by atoms with Crippen LogP contribution in [0.5, 0.6) is 0 Å². The number of carbonyl (C=O) groups is 1. The zero-order chi connectivity index (χ0) is 22.8. The average molecular weight is 469 g/mol. The summed E-state index contributed by atoms with van der Waals surface area (Å²) in [6, 6.07) is 3.79. The summed E-state index contributed by atoms with van der Waals surface area (Å²) in [5.41, 5.74) is -0.199. The number of hydrogen-bond acceptors (Lipinski definition) is 6. The van der Waals surface area contributed by atoms with E-state index in [4.69, 9.17) is 5.11 Å². The van der Waals surface area contributed by atoms with Crippen molar-refractivity contribution >= 4 is 22.4 Å². The van der Waals surface area contributed by atoms with Crippen LogP contribution in [0.2, 0.25) is 0 Å². The Morgan fingerprint density at radius 3 is 2.39 bits per heavy atom. The number of thiazole rings is 1. The number of piperazine rings is 1. The van der Waals surface area contributed by atoms with Gasteiger partial charge in [-0.1, -0.05) is 23.5 Å².